The van der Waals surface area contributed by atoms with Crippen LogP contribution in [0.2, 0.25) is 0 Å². The van der Waals surface area contributed by atoms with Gasteiger partial charge in [-0.1, -0.05) is 30.3 Å². The van der Waals surface area contributed by atoms with Gasteiger partial charge in [0.05, 0.1) is 11.1 Å². The van der Waals surface area contributed by atoms with Crippen LogP contribution in [0, 0.1) is 0 Å². The fourth-order valence-electron chi connectivity index (χ4n) is 2.52. The van der Waals surface area contributed by atoms with Gasteiger partial charge >= 0.3 is 12.1 Å². The molecule has 6 heteroatoms. The molecule has 1 aliphatic rings. The fraction of sp³-hybridized carbons (Fsp3) is 0.118. The van der Waals surface area contributed by atoms with Gasteiger partial charge in [0.25, 0.3) is 0 Å². The Morgan fingerprint density at radius 2 is 1.78 bits per heavy atom. The number of alkyl halides is 3. The molecule has 3 rings (SSSR count). The molecule has 0 saturated carbocycles. The lowest BCUT2D eigenvalue weighted by Crippen LogP contribution is -2.19. The van der Waals surface area contributed by atoms with Crippen LogP contribution in [0.25, 0.3) is 5.57 Å². The van der Waals surface area contributed by atoms with Crippen molar-refractivity contribution in [2.45, 2.75) is 6.18 Å². The number of hydrogen-bond donors (Lipinski definition) is 1. The van der Waals surface area contributed by atoms with Crippen LogP contribution in [0.3, 0.4) is 0 Å². The number of fused-ring (bicyclic) bond motifs is 1. The van der Waals surface area contributed by atoms with Crippen LogP contribution in [0.5, 0.6) is 5.75 Å². The molecule has 0 amide bonds. The number of carboxylic acid groups (broad SMARTS) is 1. The van der Waals surface area contributed by atoms with Crippen LogP contribution in [0.4, 0.5) is 13.2 Å². The van der Waals surface area contributed by atoms with Crippen LogP contribution in [0.15, 0.2) is 54.1 Å². The lowest BCUT2D eigenvalue weighted by Gasteiger charge is -2.23. The Hall–Kier alpha value is -2.76. The third kappa shape index (κ3) is 2.79. The molecule has 0 aromatic heterocycles. The maximum Gasteiger partial charge on any atom is 0.416 e. The molecule has 0 bridgehead atoms. The Morgan fingerprint density at radius 3 is 2.39 bits per heavy atom. The SMILES string of the molecule is O=C(O)C1=C(c2ccccc2)c2cc(C(F)(F)F)ccc2OC1. The summed E-state index contributed by atoms with van der Waals surface area (Å²) < 4.78 is 44.2. The number of carbonyl (C=O) groups is 1. The van der Waals surface area contributed by atoms with Gasteiger partial charge in [0, 0.05) is 11.1 Å². The van der Waals surface area contributed by atoms with E-state index in [0.29, 0.717) is 5.56 Å². The molecule has 0 atom stereocenters. The van der Waals surface area contributed by atoms with E-state index in [1.165, 1.54) is 6.07 Å². The van der Waals surface area contributed by atoms with Crippen molar-refractivity contribution < 1.29 is 27.8 Å². The lowest BCUT2D eigenvalue weighted by atomic mass is 9.90. The highest BCUT2D eigenvalue weighted by atomic mass is 19.4. The molecule has 3 nitrogen and oxygen atoms in total. The third-order valence-electron chi connectivity index (χ3n) is 3.57. The largest absolute Gasteiger partial charge is 0.488 e. The Morgan fingerprint density at radius 1 is 1.09 bits per heavy atom. The first-order valence-electron chi connectivity index (χ1n) is 6.74. The van der Waals surface area contributed by atoms with E-state index in [0.717, 1.165) is 12.1 Å². The van der Waals surface area contributed by atoms with Crippen molar-refractivity contribution in [1.82, 2.24) is 0 Å². The van der Waals surface area contributed by atoms with E-state index in [-0.39, 0.29) is 29.1 Å². The first kappa shape index (κ1) is 15.1. The van der Waals surface area contributed by atoms with Gasteiger partial charge in [-0.2, -0.15) is 13.2 Å². The highest BCUT2D eigenvalue weighted by molar-refractivity contribution is 6.02. The second-order valence-corrected chi connectivity index (χ2v) is 5.02. The number of halogens is 3. The zero-order valence-electron chi connectivity index (χ0n) is 11.7. The minimum atomic E-state index is -4.52. The molecular formula is C17H11F3O3. The number of carboxylic acids is 1. The summed E-state index contributed by atoms with van der Waals surface area (Å²) >= 11 is 0. The molecule has 1 heterocycles. The molecule has 2 aromatic rings. The number of aliphatic carboxylic acids is 1. The highest BCUT2D eigenvalue weighted by Gasteiger charge is 2.33. The minimum Gasteiger partial charge on any atom is -0.488 e. The molecule has 118 valence electrons. The average molecular weight is 320 g/mol. The van der Waals surface area contributed by atoms with E-state index in [9.17, 15) is 23.1 Å². The molecular weight excluding hydrogens is 309 g/mol. The highest BCUT2D eigenvalue weighted by Crippen LogP contribution is 2.41. The van der Waals surface area contributed by atoms with Crippen LogP contribution in [-0.2, 0) is 11.0 Å². The molecule has 2 aromatic carbocycles. The van der Waals surface area contributed by atoms with Crippen molar-refractivity contribution in [3.8, 4) is 5.75 Å². The Kier molecular flexibility index (Phi) is 3.60. The van der Waals surface area contributed by atoms with Gasteiger partial charge in [-0.25, -0.2) is 4.79 Å². The third-order valence-corrected chi connectivity index (χ3v) is 3.57. The van der Waals surface area contributed by atoms with Crippen molar-refractivity contribution in [2.75, 3.05) is 6.61 Å². The van der Waals surface area contributed by atoms with Crippen molar-refractivity contribution in [3.63, 3.8) is 0 Å². The molecule has 0 fully saturated rings. The Bertz CT molecular complexity index is 792. The normalized spacial score (nSPS) is 14.2. The van der Waals surface area contributed by atoms with Crippen molar-refractivity contribution in [2.24, 2.45) is 0 Å². The molecule has 23 heavy (non-hydrogen) atoms. The van der Waals surface area contributed by atoms with Gasteiger partial charge in [-0.3, -0.25) is 0 Å². The number of rotatable bonds is 2. The molecule has 0 unspecified atom stereocenters. The fourth-order valence-corrected chi connectivity index (χ4v) is 2.52. The first-order chi connectivity index (χ1) is 10.9. The topological polar surface area (TPSA) is 46.5 Å². The summed E-state index contributed by atoms with van der Waals surface area (Å²) in [6, 6.07) is 11.5. The molecule has 1 aliphatic heterocycles. The quantitative estimate of drug-likeness (QED) is 0.910. The van der Waals surface area contributed by atoms with E-state index in [1.807, 2.05) is 0 Å². The van der Waals surface area contributed by atoms with E-state index < -0.39 is 17.7 Å². The molecule has 0 radical (unpaired) electrons. The monoisotopic (exact) mass is 320 g/mol. The smallest absolute Gasteiger partial charge is 0.416 e. The summed E-state index contributed by atoms with van der Waals surface area (Å²) in [6.45, 7) is -0.197. The number of benzene rings is 2. The summed E-state index contributed by atoms with van der Waals surface area (Å²) in [5.74, 6) is -0.978. The standard InChI is InChI=1S/C17H11F3O3/c18-17(19,20)11-6-7-14-12(8-11)15(10-4-2-1-3-5-10)13(9-23-14)16(21)22/h1-8H,9H2,(H,21,22). The minimum absolute atomic E-state index is 0.0666. The van der Waals surface area contributed by atoms with Gasteiger partial charge in [0.15, 0.2) is 0 Å². The zero-order chi connectivity index (χ0) is 16.6. The summed E-state index contributed by atoms with van der Waals surface area (Å²) in [7, 11) is 0. The maximum absolute atomic E-state index is 13.0. The summed E-state index contributed by atoms with van der Waals surface area (Å²) in [5, 5.41) is 9.36. The second-order valence-electron chi connectivity index (χ2n) is 5.02. The van der Waals surface area contributed by atoms with E-state index >= 15 is 0 Å². The van der Waals surface area contributed by atoms with Crippen LogP contribution in [0.1, 0.15) is 16.7 Å². The predicted octanol–water partition coefficient (Wildman–Crippen LogP) is 3.98. The molecule has 1 N–H and O–H groups in total. The van der Waals surface area contributed by atoms with Crippen LogP contribution < -0.4 is 4.74 Å². The Balaban J connectivity index is 2.27. The maximum atomic E-state index is 13.0. The van der Waals surface area contributed by atoms with Gasteiger partial charge in [0.2, 0.25) is 0 Å². The predicted molar refractivity (Wildman–Crippen MR) is 77.0 cm³/mol. The van der Waals surface area contributed by atoms with Gasteiger partial charge < -0.3 is 9.84 Å². The number of hydrogen-bond acceptors (Lipinski definition) is 2. The van der Waals surface area contributed by atoms with E-state index in [4.69, 9.17) is 4.74 Å². The van der Waals surface area contributed by atoms with Gasteiger partial charge in [-0.05, 0) is 23.8 Å². The van der Waals surface area contributed by atoms with Gasteiger partial charge in [0.1, 0.15) is 12.4 Å². The average Bonchev–Trinajstić information content (AvgIpc) is 2.53. The van der Waals surface area contributed by atoms with Gasteiger partial charge in [-0.15, -0.1) is 0 Å². The zero-order valence-corrected chi connectivity index (χ0v) is 11.7. The van der Waals surface area contributed by atoms with E-state index in [1.54, 1.807) is 30.3 Å². The van der Waals surface area contributed by atoms with Crippen molar-refractivity contribution in [3.05, 3.63) is 70.8 Å². The summed E-state index contributed by atoms with van der Waals surface area (Å²) in [4.78, 5) is 11.5. The van der Waals surface area contributed by atoms with E-state index in [2.05, 4.69) is 0 Å². The molecule has 0 aliphatic carbocycles. The van der Waals surface area contributed by atoms with Crippen LogP contribution in [-0.4, -0.2) is 17.7 Å². The molecule has 0 spiro atoms. The summed E-state index contributed by atoms with van der Waals surface area (Å²) in [6.07, 6.45) is -4.52. The number of ether oxygens (including phenoxy) is 1. The van der Waals surface area contributed by atoms with Crippen molar-refractivity contribution >= 4 is 11.5 Å². The Labute approximate surface area is 129 Å². The van der Waals surface area contributed by atoms with Crippen molar-refractivity contribution in [1.29, 1.82) is 0 Å². The first-order valence-corrected chi connectivity index (χ1v) is 6.74. The van der Waals surface area contributed by atoms with Crippen LogP contribution >= 0.6 is 0 Å². The second kappa shape index (κ2) is 5.46. The summed E-state index contributed by atoms with van der Waals surface area (Å²) in [5.41, 5.74) is 0.0110. The molecule has 0 saturated heterocycles. The lowest BCUT2D eigenvalue weighted by molar-refractivity contribution is -0.137.